The molecule has 0 amide bonds. The Morgan fingerprint density at radius 2 is 1.28 bits per heavy atom. The van der Waals surface area contributed by atoms with E-state index in [0.717, 1.165) is 24.4 Å². The molecule has 0 spiro atoms. The van der Waals surface area contributed by atoms with E-state index in [0.29, 0.717) is 11.5 Å². The van der Waals surface area contributed by atoms with Crippen LogP contribution < -0.4 is 0 Å². The fraction of sp³-hybridized carbons (Fsp3) is 0.762. The zero-order valence-electron chi connectivity index (χ0n) is 16.0. The van der Waals surface area contributed by atoms with E-state index in [1.54, 1.807) is 0 Å². The van der Waals surface area contributed by atoms with Crippen molar-refractivity contribution in [3.05, 3.63) is 23.0 Å². The van der Waals surface area contributed by atoms with Crippen LogP contribution in [0.25, 0.3) is 0 Å². The van der Waals surface area contributed by atoms with Gasteiger partial charge in [0.2, 0.25) is 11.5 Å². The summed E-state index contributed by atoms with van der Waals surface area (Å²) in [5, 5.41) is 0. The molecule has 0 bridgehead atoms. The maximum atomic E-state index is 11.2. The quantitative estimate of drug-likeness (QED) is 0.248. The van der Waals surface area contributed by atoms with Gasteiger partial charge in [-0.1, -0.05) is 84.0 Å². The van der Waals surface area contributed by atoms with Crippen molar-refractivity contribution >= 4 is 5.97 Å². The Kier molecular flexibility index (Phi) is 8.92. The monoisotopic (exact) mass is 350 g/mol. The Bertz CT molecular complexity index is 490. The molecule has 4 heteroatoms. The number of allylic oxidation sites excluding steroid dienone is 1. The zero-order valence-corrected chi connectivity index (χ0v) is 16.0. The smallest absolute Gasteiger partial charge is 0.378 e. The first-order valence-corrected chi connectivity index (χ1v) is 10.2. The summed E-state index contributed by atoms with van der Waals surface area (Å²) in [4.78, 5) is 11.2. The van der Waals surface area contributed by atoms with E-state index in [9.17, 15) is 4.79 Å². The van der Waals surface area contributed by atoms with Crippen LogP contribution in [0, 0.1) is 0 Å². The molecule has 0 saturated heterocycles. The molecule has 0 aliphatic carbocycles. The standard InChI is InChI=1S/C21H34O4/c1-3-4-5-6-7-8-9-10-11-12-13-14-15-16-17-18(24-17)19-20(25-19)21(22)23-2/h3-16H2,1-2H3. The highest BCUT2D eigenvalue weighted by Gasteiger charge is 2.45. The molecule has 0 N–H and O–H groups in total. The minimum absolute atomic E-state index is 0.304. The zero-order chi connectivity index (χ0) is 17.9. The molecule has 0 atom stereocenters. The van der Waals surface area contributed by atoms with E-state index in [1.807, 2.05) is 0 Å². The van der Waals surface area contributed by atoms with Gasteiger partial charge in [-0.15, -0.1) is 0 Å². The van der Waals surface area contributed by atoms with Crippen LogP contribution in [0.2, 0.25) is 0 Å². The van der Waals surface area contributed by atoms with Crippen LogP contribution in [-0.2, 0) is 19.0 Å². The predicted octanol–water partition coefficient (Wildman–Crippen LogP) is 6.12. The van der Waals surface area contributed by atoms with Gasteiger partial charge >= 0.3 is 5.97 Å². The number of carbonyl (C=O) groups is 1. The van der Waals surface area contributed by atoms with Crippen molar-refractivity contribution in [3.8, 4) is 0 Å². The van der Waals surface area contributed by atoms with E-state index in [4.69, 9.17) is 9.47 Å². The Hall–Kier alpha value is -1.45. The van der Waals surface area contributed by atoms with Crippen molar-refractivity contribution in [1.82, 2.24) is 0 Å². The average Bonchev–Trinajstić information content (AvgIpc) is 3.52. The van der Waals surface area contributed by atoms with Crippen molar-refractivity contribution in [2.75, 3.05) is 7.11 Å². The van der Waals surface area contributed by atoms with Gasteiger partial charge in [-0.2, -0.15) is 0 Å². The van der Waals surface area contributed by atoms with Gasteiger partial charge in [-0.05, 0) is 6.42 Å². The molecule has 2 heterocycles. The van der Waals surface area contributed by atoms with Crippen LogP contribution in [-0.4, -0.2) is 13.1 Å². The summed E-state index contributed by atoms with van der Waals surface area (Å²) < 4.78 is 15.1. The first-order valence-electron chi connectivity index (χ1n) is 10.2. The number of ether oxygens (including phenoxy) is 3. The number of hydrogen-bond acceptors (Lipinski definition) is 4. The highest BCUT2D eigenvalue weighted by Crippen LogP contribution is 2.45. The van der Waals surface area contributed by atoms with Crippen molar-refractivity contribution in [3.63, 3.8) is 0 Å². The molecular formula is C21H34O4. The summed E-state index contributed by atoms with van der Waals surface area (Å²) in [6.45, 7) is 2.27. The SMILES string of the molecule is CCCCCCCCCCCCCCCC1=C(C2=C(C(=O)OC)O2)O1. The molecule has 0 fully saturated rings. The molecule has 0 aromatic rings. The number of hydrogen-bond donors (Lipinski definition) is 0. The van der Waals surface area contributed by atoms with E-state index >= 15 is 0 Å². The summed E-state index contributed by atoms with van der Waals surface area (Å²) >= 11 is 0. The van der Waals surface area contributed by atoms with E-state index < -0.39 is 5.97 Å². The molecule has 0 radical (unpaired) electrons. The second-order valence-corrected chi connectivity index (χ2v) is 7.10. The van der Waals surface area contributed by atoms with Gasteiger partial charge in [0.15, 0.2) is 5.76 Å². The van der Waals surface area contributed by atoms with E-state index in [-0.39, 0.29) is 0 Å². The fourth-order valence-electron chi connectivity index (χ4n) is 3.19. The van der Waals surface area contributed by atoms with Crippen molar-refractivity contribution in [2.24, 2.45) is 0 Å². The molecule has 0 aromatic carbocycles. The van der Waals surface area contributed by atoms with Crippen molar-refractivity contribution < 1.29 is 19.0 Å². The average molecular weight is 350 g/mol. The second kappa shape index (κ2) is 11.2. The lowest BCUT2D eigenvalue weighted by molar-refractivity contribution is -0.137. The summed E-state index contributed by atoms with van der Waals surface area (Å²) in [6.07, 6.45) is 18.6. The summed E-state index contributed by atoms with van der Waals surface area (Å²) in [7, 11) is 1.35. The third-order valence-electron chi connectivity index (χ3n) is 4.89. The molecule has 0 aromatic heterocycles. The molecule has 2 aliphatic rings. The van der Waals surface area contributed by atoms with Gasteiger partial charge < -0.3 is 14.2 Å². The van der Waals surface area contributed by atoms with Crippen molar-refractivity contribution in [2.45, 2.75) is 96.8 Å². The van der Waals surface area contributed by atoms with E-state index in [1.165, 1.54) is 84.2 Å². The Morgan fingerprint density at radius 1 is 0.760 bits per heavy atom. The summed E-state index contributed by atoms with van der Waals surface area (Å²) in [6, 6.07) is 0. The molecule has 25 heavy (non-hydrogen) atoms. The topological polar surface area (TPSA) is 51.4 Å². The molecular weight excluding hydrogens is 316 g/mol. The summed E-state index contributed by atoms with van der Waals surface area (Å²) in [5.74, 6) is 2.21. The molecule has 0 unspecified atom stereocenters. The molecule has 142 valence electrons. The normalized spacial score (nSPS) is 15.1. The second-order valence-electron chi connectivity index (χ2n) is 7.10. The van der Waals surface area contributed by atoms with Crippen LogP contribution in [0.15, 0.2) is 23.0 Å². The predicted molar refractivity (Wildman–Crippen MR) is 98.6 cm³/mol. The van der Waals surface area contributed by atoms with Crippen molar-refractivity contribution in [1.29, 1.82) is 0 Å². The Balaban J connectivity index is 1.36. The van der Waals surface area contributed by atoms with Crippen LogP contribution in [0.5, 0.6) is 0 Å². The Labute approximate surface area is 152 Å². The number of esters is 1. The van der Waals surface area contributed by atoms with Crippen LogP contribution in [0.1, 0.15) is 96.8 Å². The lowest BCUT2D eigenvalue weighted by Gasteiger charge is -2.02. The largest absolute Gasteiger partial charge is 0.463 e. The molecule has 0 saturated carbocycles. The highest BCUT2D eigenvalue weighted by molar-refractivity contribution is 5.91. The highest BCUT2D eigenvalue weighted by atomic mass is 16.6. The number of carbonyl (C=O) groups excluding carboxylic acids is 1. The molecule has 4 nitrogen and oxygen atoms in total. The Morgan fingerprint density at radius 3 is 1.80 bits per heavy atom. The van der Waals surface area contributed by atoms with Gasteiger partial charge in [0, 0.05) is 6.42 Å². The van der Waals surface area contributed by atoms with Gasteiger partial charge in [-0.25, -0.2) is 4.79 Å². The fourth-order valence-corrected chi connectivity index (χ4v) is 3.19. The minimum Gasteiger partial charge on any atom is -0.463 e. The summed E-state index contributed by atoms with van der Waals surface area (Å²) in [5.41, 5.74) is 0. The third kappa shape index (κ3) is 7.54. The van der Waals surface area contributed by atoms with E-state index in [2.05, 4.69) is 11.7 Å². The first-order chi connectivity index (χ1) is 12.3. The maximum absolute atomic E-state index is 11.2. The number of methoxy groups -OCH3 is 1. The van der Waals surface area contributed by atoms with Gasteiger partial charge in [0.1, 0.15) is 0 Å². The minimum atomic E-state index is -0.418. The molecule has 2 rings (SSSR count). The number of unbranched alkanes of at least 4 members (excludes halogenated alkanes) is 12. The number of rotatable bonds is 16. The van der Waals surface area contributed by atoms with Crippen LogP contribution >= 0.6 is 0 Å². The molecule has 2 aliphatic heterocycles. The third-order valence-corrected chi connectivity index (χ3v) is 4.89. The van der Waals surface area contributed by atoms with Gasteiger partial charge in [0.05, 0.1) is 7.11 Å². The first kappa shape index (κ1) is 19.9. The van der Waals surface area contributed by atoms with Crippen LogP contribution in [0.3, 0.4) is 0 Å². The van der Waals surface area contributed by atoms with Gasteiger partial charge in [0.25, 0.3) is 5.76 Å². The lowest BCUT2D eigenvalue weighted by atomic mass is 10.0. The van der Waals surface area contributed by atoms with Gasteiger partial charge in [-0.3, -0.25) is 0 Å². The lowest BCUT2D eigenvalue weighted by Crippen LogP contribution is -1.96. The maximum Gasteiger partial charge on any atom is 0.378 e. The van der Waals surface area contributed by atoms with Crippen LogP contribution in [0.4, 0.5) is 0 Å².